The van der Waals surface area contributed by atoms with E-state index in [1.54, 1.807) is 6.07 Å². The Hall–Kier alpha value is -4.75. The largest absolute Gasteiger partial charge is 0.508 e. The number of nitrogens with one attached hydrogen (secondary N) is 2. The van der Waals surface area contributed by atoms with Crippen molar-refractivity contribution in [3.63, 3.8) is 0 Å². The number of phenolic OH excluding ortho intramolecular Hbond substituents is 1. The van der Waals surface area contributed by atoms with Crippen LogP contribution in [0.25, 0.3) is 10.9 Å². The maximum absolute atomic E-state index is 12.9. The van der Waals surface area contributed by atoms with Crippen molar-refractivity contribution in [1.82, 2.24) is 14.9 Å². The number of hydrogen-bond acceptors (Lipinski definition) is 9. The molecule has 0 radical (unpaired) electrons. The summed E-state index contributed by atoms with van der Waals surface area (Å²) >= 11 is 0. The minimum absolute atomic E-state index is 0.0335. The monoisotopic (exact) mass is 772 g/mol. The average Bonchev–Trinajstić information content (AvgIpc) is 3.93. The molecule has 57 heavy (non-hydrogen) atoms. The third kappa shape index (κ3) is 6.90. The van der Waals surface area contributed by atoms with Crippen molar-refractivity contribution in [2.24, 2.45) is 17.1 Å². The molecule has 8 atom stereocenters. The minimum Gasteiger partial charge on any atom is -0.508 e. The lowest BCUT2D eigenvalue weighted by molar-refractivity contribution is -0.121. The Labute approximate surface area is 332 Å². The van der Waals surface area contributed by atoms with Crippen LogP contribution >= 0.6 is 0 Å². The summed E-state index contributed by atoms with van der Waals surface area (Å²) in [5, 5.41) is 48.4. The molecule has 2 aliphatic carbocycles. The normalized spacial score (nSPS) is 26.3. The van der Waals surface area contributed by atoms with Gasteiger partial charge in [-0.15, -0.1) is 0 Å². The lowest BCUT2D eigenvalue weighted by Crippen LogP contribution is -2.40. The van der Waals surface area contributed by atoms with E-state index in [0.717, 1.165) is 84.6 Å². The zero-order valence-electron chi connectivity index (χ0n) is 32.4. The summed E-state index contributed by atoms with van der Waals surface area (Å²) in [4.78, 5) is 16.5. The molecule has 3 aliphatic heterocycles. The van der Waals surface area contributed by atoms with E-state index < -0.39 is 35.9 Å². The number of hydrogen-bond donors (Lipinski definition) is 7. The number of nitrogens with zero attached hydrogens (tertiary/aromatic N) is 1. The van der Waals surface area contributed by atoms with Gasteiger partial charge in [0.1, 0.15) is 23.7 Å². The van der Waals surface area contributed by atoms with Gasteiger partial charge in [0.05, 0.1) is 35.2 Å². The van der Waals surface area contributed by atoms with Gasteiger partial charge < -0.3 is 45.2 Å². The van der Waals surface area contributed by atoms with Crippen LogP contribution in [0.4, 0.5) is 0 Å². The molecule has 2 bridgehead atoms. The van der Waals surface area contributed by atoms with Crippen LogP contribution in [0.5, 0.6) is 17.2 Å². The van der Waals surface area contributed by atoms with Gasteiger partial charge in [0.25, 0.3) is 0 Å². The predicted molar refractivity (Wildman–Crippen MR) is 214 cm³/mol. The van der Waals surface area contributed by atoms with Crippen LogP contribution in [0.1, 0.15) is 141 Å². The number of aromatic hydroxyl groups is 1. The molecule has 9 rings (SSSR count). The number of ketones is 1. The van der Waals surface area contributed by atoms with Crippen molar-refractivity contribution >= 4 is 16.7 Å². The van der Waals surface area contributed by atoms with Crippen molar-refractivity contribution in [2.45, 2.75) is 127 Å². The Balaban J connectivity index is 1.12. The van der Waals surface area contributed by atoms with Crippen LogP contribution in [0.15, 0.2) is 42.9 Å². The van der Waals surface area contributed by atoms with E-state index in [2.05, 4.69) is 63.4 Å². The second-order valence-electron chi connectivity index (χ2n) is 16.9. The predicted octanol–water partition coefficient (Wildman–Crippen LogP) is 6.21. The maximum atomic E-state index is 12.9. The molecular weight excluding hydrogens is 721 g/mol. The van der Waals surface area contributed by atoms with Crippen molar-refractivity contribution in [3.05, 3.63) is 76.2 Å². The summed E-state index contributed by atoms with van der Waals surface area (Å²) in [6, 6.07) is 7.27. The summed E-state index contributed by atoms with van der Waals surface area (Å²) in [6.45, 7) is 2.76. The molecule has 0 saturated heterocycles. The first-order valence-corrected chi connectivity index (χ1v) is 20.7. The maximum Gasteiger partial charge on any atom is 0.191 e. The molecule has 11 nitrogen and oxygen atoms in total. The molecule has 1 fully saturated rings. The number of H-pyrrole nitrogens is 1. The Bertz CT molecular complexity index is 2320. The SMILES string of the molecule is CCCC(O)CC(O)CC(=O)CCc1cc2c(cc1O)OC#CC1(CCCC1)C1C#CC(O)c3ccc4c5c3C(CCC5CNC4N)c3c[nH]c4cn(cc34)C1O2. The molecule has 11 heteroatoms. The van der Waals surface area contributed by atoms with E-state index in [9.17, 15) is 25.2 Å². The van der Waals surface area contributed by atoms with Crippen molar-refractivity contribution in [2.75, 3.05) is 6.54 Å². The van der Waals surface area contributed by atoms with Gasteiger partial charge in [-0.05, 0) is 90.3 Å². The number of aliphatic hydroxyl groups excluding tert-OH is 3. The van der Waals surface area contributed by atoms with Gasteiger partial charge in [-0.1, -0.05) is 56.1 Å². The summed E-state index contributed by atoms with van der Waals surface area (Å²) in [7, 11) is 0. The number of nitrogens with two attached hydrogens (primary N) is 1. The Morgan fingerprint density at radius 1 is 1.05 bits per heavy atom. The van der Waals surface area contributed by atoms with Gasteiger partial charge in [0.2, 0.25) is 0 Å². The van der Waals surface area contributed by atoms with Gasteiger partial charge in [-0.2, -0.15) is 0 Å². The Kier molecular flexibility index (Phi) is 10.1. The first-order chi connectivity index (χ1) is 27.6. The van der Waals surface area contributed by atoms with E-state index in [4.69, 9.17) is 15.2 Å². The smallest absolute Gasteiger partial charge is 0.191 e. The molecule has 4 aromatic rings. The van der Waals surface area contributed by atoms with Crippen LogP contribution in [0.2, 0.25) is 0 Å². The highest BCUT2D eigenvalue weighted by molar-refractivity contribution is 5.84. The summed E-state index contributed by atoms with van der Waals surface area (Å²) in [6.07, 6.45) is 12.8. The third-order valence-corrected chi connectivity index (χ3v) is 13.2. The number of carbonyl (C=O) groups is 1. The molecule has 298 valence electrons. The molecule has 2 aromatic carbocycles. The summed E-state index contributed by atoms with van der Waals surface area (Å²) < 4.78 is 15.2. The Morgan fingerprint density at radius 3 is 2.70 bits per heavy atom. The molecule has 2 aromatic heterocycles. The molecule has 8 N–H and O–H groups in total. The quantitative estimate of drug-likeness (QED) is 0.0977. The number of aliphatic hydroxyl groups is 3. The van der Waals surface area contributed by atoms with Crippen LogP contribution < -0.4 is 20.5 Å². The lowest BCUT2D eigenvalue weighted by atomic mass is 9.68. The fourth-order valence-electron chi connectivity index (χ4n) is 10.4. The topological polar surface area (TPSA) is 175 Å². The Morgan fingerprint density at radius 2 is 1.88 bits per heavy atom. The standard InChI is InChI=1S/C46H52N4O7/c1-2-5-28(51)19-30(53)20-29(52)8-6-26-18-41-40(21-39(26)55)56-17-16-46(14-3-4-15-46)36-12-13-38(54)32-10-11-33-42-27(22-49-44(33)47)7-9-31(43(32)42)34-23-48-37-25-50(24-35(34)37)45(36)57-41/h10-11,18,21,23-25,27-28,30-31,36,38,44-45,48-49,51,53-55H,2-9,14-15,19-20,22,47H2,1H3. The highest BCUT2D eigenvalue weighted by Crippen LogP contribution is 2.53. The summed E-state index contributed by atoms with van der Waals surface area (Å²) in [5.41, 5.74) is 12.9. The van der Waals surface area contributed by atoms with Gasteiger partial charge in [-0.25, -0.2) is 0 Å². The number of carbonyl (C=O) groups excluding carboxylic acids is 1. The number of benzene rings is 2. The zero-order valence-corrected chi connectivity index (χ0v) is 32.4. The van der Waals surface area contributed by atoms with Gasteiger partial charge >= 0.3 is 0 Å². The molecule has 0 amide bonds. The highest BCUT2D eigenvalue weighted by atomic mass is 16.5. The second-order valence-corrected chi connectivity index (χ2v) is 16.9. The number of aromatic nitrogens is 2. The number of Topliss-reactive ketones (excluding diaryl/α,β-unsaturated/α-hetero) is 1. The molecule has 8 unspecified atom stereocenters. The van der Waals surface area contributed by atoms with Gasteiger partial charge in [0.15, 0.2) is 17.7 Å². The molecule has 1 spiro atoms. The van der Waals surface area contributed by atoms with E-state index in [0.29, 0.717) is 23.7 Å². The lowest BCUT2D eigenvalue weighted by Gasteiger charge is -2.40. The van der Waals surface area contributed by atoms with Crippen molar-refractivity contribution in [1.29, 1.82) is 0 Å². The number of phenols is 1. The van der Waals surface area contributed by atoms with E-state index in [-0.39, 0.29) is 55.0 Å². The fraction of sp³-hybridized carbons (Fsp3) is 0.500. The molecule has 5 heterocycles. The van der Waals surface area contributed by atoms with E-state index in [1.165, 1.54) is 11.6 Å². The number of ether oxygens (including phenoxy) is 2. The average molecular weight is 773 g/mol. The molecule has 1 saturated carbocycles. The number of fused-ring (bicyclic) bond motifs is 6. The number of rotatable bonds is 9. The van der Waals surface area contributed by atoms with E-state index in [1.807, 2.05) is 13.0 Å². The first-order valence-electron chi connectivity index (χ1n) is 20.7. The first kappa shape index (κ1) is 37.8. The zero-order chi connectivity index (χ0) is 39.4. The summed E-state index contributed by atoms with van der Waals surface area (Å²) in [5.74, 6) is 10.6. The van der Waals surface area contributed by atoms with Gasteiger partial charge in [0, 0.05) is 55.3 Å². The van der Waals surface area contributed by atoms with E-state index >= 15 is 0 Å². The molecule has 5 aliphatic rings. The second kappa shape index (κ2) is 15.2. The highest BCUT2D eigenvalue weighted by Gasteiger charge is 2.47. The van der Waals surface area contributed by atoms with Crippen LogP contribution in [-0.2, 0) is 11.2 Å². The number of aromatic amines is 1. The van der Waals surface area contributed by atoms with Crippen molar-refractivity contribution < 1.29 is 34.7 Å². The minimum atomic E-state index is -1.06. The van der Waals surface area contributed by atoms with Crippen LogP contribution in [0, 0.1) is 35.2 Å². The van der Waals surface area contributed by atoms with Crippen LogP contribution in [-0.4, -0.2) is 54.5 Å². The fourth-order valence-corrected chi connectivity index (χ4v) is 10.4. The van der Waals surface area contributed by atoms with Gasteiger partial charge in [-0.3, -0.25) is 10.1 Å². The molecular formula is C46H52N4O7. The number of aryl methyl sites for hydroxylation is 1. The van der Waals surface area contributed by atoms with Crippen molar-refractivity contribution in [3.8, 4) is 41.1 Å². The third-order valence-electron chi connectivity index (χ3n) is 13.2. The van der Waals surface area contributed by atoms with Crippen LogP contribution in [0.3, 0.4) is 0 Å².